The minimum atomic E-state index is -0.570. The van der Waals surface area contributed by atoms with Crippen molar-refractivity contribution in [2.24, 2.45) is 5.92 Å². The summed E-state index contributed by atoms with van der Waals surface area (Å²) in [7, 11) is 0. The average Bonchev–Trinajstić information content (AvgIpc) is 3.08. The van der Waals surface area contributed by atoms with Gasteiger partial charge in [0.2, 0.25) is 0 Å². The summed E-state index contributed by atoms with van der Waals surface area (Å²) in [4.78, 5) is 31.1. The highest BCUT2D eigenvalue weighted by atomic mass is 16.6. The Morgan fingerprint density at radius 2 is 2.04 bits per heavy atom. The number of carbonyl (C=O) groups is 2. The molecule has 5 nitrogen and oxygen atoms in total. The third-order valence-electron chi connectivity index (χ3n) is 7.25. The van der Waals surface area contributed by atoms with Crippen LogP contribution in [0.25, 0.3) is 0 Å². The lowest BCUT2D eigenvalue weighted by Crippen LogP contribution is -2.71. The van der Waals surface area contributed by atoms with E-state index in [1.54, 1.807) is 0 Å². The van der Waals surface area contributed by atoms with E-state index in [-0.39, 0.29) is 17.4 Å². The number of piperidine rings is 1. The van der Waals surface area contributed by atoms with Crippen molar-refractivity contribution >= 4 is 17.6 Å². The van der Waals surface area contributed by atoms with Crippen molar-refractivity contribution < 1.29 is 14.3 Å². The van der Waals surface area contributed by atoms with Gasteiger partial charge in [0, 0.05) is 30.8 Å². The molecule has 1 aliphatic carbocycles. The maximum Gasteiger partial charge on any atom is 0.416 e. The average molecular weight is 380 g/mol. The SMILES string of the molecule is C/C=C1/CN2CC[C@]34CC(=O)[C@H]1C[C@]23N(C(=O)OC(C)(C)C)c1ccccc14. The summed E-state index contributed by atoms with van der Waals surface area (Å²) in [6, 6.07) is 8.13. The van der Waals surface area contributed by atoms with E-state index in [0.29, 0.717) is 18.6 Å². The van der Waals surface area contributed by atoms with Gasteiger partial charge in [0.1, 0.15) is 17.0 Å². The van der Waals surface area contributed by atoms with Crippen molar-refractivity contribution in [3.63, 3.8) is 0 Å². The number of amides is 1. The van der Waals surface area contributed by atoms with Gasteiger partial charge in [0.25, 0.3) is 0 Å². The van der Waals surface area contributed by atoms with Crippen molar-refractivity contribution in [1.29, 1.82) is 0 Å². The fourth-order valence-electron chi connectivity index (χ4n) is 6.28. The zero-order chi connectivity index (χ0) is 19.9. The minimum Gasteiger partial charge on any atom is -0.443 e. The second kappa shape index (κ2) is 5.47. The highest BCUT2D eigenvalue weighted by molar-refractivity contribution is 5.98. The molecule has 0 unspecified atom stereocenters. The van der Waals surface area contributed by atoms with E-state index in [4.69, 9.17) is 4.74 Å². The topological polar surface area (TPSA) is 49.9 Å². The number of hydrogen-bond donors (Lipinski definition) is 0. The molecule has 1 amide bonds. The Morgan fingerprint density at radius 3 is 2.75 bits per heavy atom. The van der Waals surface area contributed by atoms with Crippen LogP contribution < -0.4 is 4.90 Å². The quantitative estimate of drug-likeness (QED) is 0.638. The molecule has 4 aliphatic rings. The maximum atomic E-state index is 13.5. The first-order valence-corrected chi connectivity index (χ1v) is 10.3. The molecular weight excluding hydrogens is 352 g/mol. The van der Waals surface area contributed by atoms with E-state index in [2.05, 4.69) is 17.0 Å². The van der Waals surface area contributed by atoms with E-state index in [9.17, 15) is 9.59 Å². The summed E-state index contributed by atoms with van der Waals surface area (Å²) < 4.78 is 5.88. The van der Waals surface area contributed by atoms with E-state index in [1.807, 2.05) is 50.8 Å². The second-order valence-corrected chi connectivity index (χ2v) is 9.67. The number of benzene rings is 1. The fraction of sp³-hybridized carbons (Fsp3) is 0.565. The third kappa shape index (κ3) is 2.00. The molecule has 1 aromatic carbocycles. The summed E-state index contributed by atoms with van der Waals surface area (Å²) in [5, 5.41) is 0. The first-order chi connectivity index (χ1) is 13.2. The predicted molar refractivity (Wildman–Crippen MR) is 107 cm³/mol. The molecule has 0 N–H and O–H groups in total. The van der Waals surface area contributed by atoms with Crippen LogP contribution in [0.3, 0.4) is 0 Å². The number of rotatable bonds is 0. The lowest BCUT2D eigenvalue weighted by atomic mass is 9.58. The van der Waals surface area contributed by atoms with Gasteiger partial charge in [-0.3, -0.25) is 14.6 Å². The van der Waals surface area contributed by atoms with Crippen LogP contribution in [0, 0.1) is 5.92 Å². The summed E-state index contributed by atoms with van der Waals surface area (Å²) in [5.74, 6) is 0.234. The number of Topliss-reactive ketones (excluding diaryl/α,β-unsaturated/α-hetero) is 1. The van der Waals surface area contributed by atoms with Crippen LogP contribution in [0.5, 0.6) is 0 Å². The lowest BCUT2D eigenvalue weighted by molar-refractivity contribution is -0.131. The highest BCUT2D eigenvalue weighted by Crippen LogP contribution is 2.67. The van der Waals surface area contributed by atoms with Gasteiger partial charge in [-0.05, 0) is 57.7 Å². The fourth-order valence-corrected chi connectivity index (χ4v) is 6.28. The zero-order valence-corrected chi connectivity index (χ0v) is 17.1. The normalized spacial score (nSPS) is 35.1. The summed E-state index contributed by atoms with van der Waals surface area (Å²) >= 11 is 0. The van der Waals surface area contributed by atoms with Crippen LogP contribution in [0.1, 0.15) is 52.5 Å². The predicted octanol–water partition coefficient (Wildman–Crippen LogP) is 4.02. The Balaban J connectivity index is 1.73. The molecule has 2 bridgehead atoms. The Kier molecular flexibility index (Phi) is 3.50. The van der Waals surface area contributed by atoms with Crippen molar-refractivity contribution in [3.05, 3.63) is 41.5 Å². The van der Waals surface area contributed by atoms with Crippen LogP contribution >= 0.6 is 0 Å². The number of hydrogen-bond acceptors (Lipinski definition) is 4. The van der Waals surface area contributed by atoms with Crippen molar-refractivity contribution in [2.75, 3.05) is 18.0 Å². The number of allylic oxidation sites excluding steroid dienone is 1. The van der Waals surface area contributed by atoms with Crippen molar-refractivity contribution in [3.8, 4) is 0 Å². The summed E-state index contributed by atoms with van der Waals surface area (Å²) in [6.07, 6.45) is 3.87. The van der Waals surface area contributed by atoms with Crippen molar-refractivity contribution in [1.82, 2.24) is 4.90 Å². The third-order valence-corrected chi connectivity index (χ3v) is 7.25. The largest absolute Gasteiger partial charge is 0.443 e. The molecule has 3 atom stereocenters. The van der Waals surface area contributed by atoms with Crippen LogP contribution in [0.4, 0.5) is 10.5 Å². The summed E-state index contributed by atoms with van der Waals surface area (Å²) in [5.41, 5.74) is 1.86. The molecule has 28 heavy (non-hydrogen) atoms. The lowest BCUT2D eigenvalue weighted by Gasteiger charge is -2.57. The van der Waals surface area contributed by atoms with Gasteiger partial charge in [0.05, 0.1) is 5.69 Å². The maximum absolute atomic E-state index is 13.5. The first-order valence-electron chi connectivity index (χ1n) is 10.3. The Bertz CT molecular complexity index is 915. The van der Waals surface area contributed by atoms with Crippen LogP contribution in [-0.4, -0.2) is 41.1 Å². The number of para-hydroxylation sites is 1. The standard InChI is InChI=1S/C23H28N2O3/c1-5-15-14-24-11-10-22-13-19(26)16(15)12-23(22,24)25(20(27)28-21(2,3)4)18-9-7-6-8-17(18)22/h5-9,16H,10-14H2,1-4H3/b15-5-/t16-,22+,23+/m0/s1. The number of ketones is 1. The molecule has 2 saturated heterocycles. The number of ether oxygens (including phenoxy) is 1. The van der Waals surface area contributed by atoms with E-state index in [0.717, 1.165) is 30.8 Å². The molecule has 148 valence electrons. The van der Waals surface area contributed by atoms with Crippen LogP contribution in [0.2, 0.25) is 0 Å². The van der Waals surface area contributed by atoms with Gasteiger partial charge in [0.15, 0.2) is 0 Å². The van der Waals surface area contributed by atoms with Gasteiger partial charge in [-0.2, -0.15) is 0 Å². The van der Waals surface area contributed by atoms with Gasteiger partial charge in [-0.1, -0.05) is 24.3 Å². The summed E-state index contributed by atoms with van der Waals surface area (Å²) in [6.45, 7) is 9.38. The Labute approximate surface area is 166 Å². The molecule has 0 radical (unpaired) electrons. The number of nitrogens with zero attached hydrogens (tertiary/aromatic N) is 2. The molecule has 3 fully saturated rings. The molecule has 3 aliphatic heterocycles. The Morgan fingerprint density at radius 1 is 1.29 bits per heavy atom. The Hall–Kier alpha value is -2.14. The second-order valence-electron chi connectivity index (χ2n) is 9.67. The van der Waals surface area contributed by atoms with Crippen molar-refractivity contribution in [2.45, 2.75) is 63.6 Å². The highest BCUT2D eigenvalue weighted by Gasteiger charge is 2.74. The first kappa shape index (κ1) is 17.9. The molecule has 5 heteroatoms. The molecule has 1 aromatic rings. The molecular formula is C23H28N2O3. The molecule has 0 aromatic heterocycles. The smallest absolute Gasteiger partial charge is 0.416 e. The monoisotopic (exact) mass is 380 g/mol. The molecule has 1 saturated carbocycles. The number of fused-ring (bicyclic) bond motifs is 2. The number of anilines is 1. The molecule has 1 spiro atoms. The van der Waals surface area contributed by atoms with Crippen LogP contribution in [0.15, 0.2) is 35.9 Å². The van der Waals surface area contributed by atoms with E-state index < -0.39 is 11.3 Å². The molecule has 3 heterocycles. The zero-order valence-electron chi connectivity index (χ0n) is 17.1. The molecule has 5 rings (SSSR count). The minimum absolute atomic E-state index is 0.0910. The van der Waals surface area contributed by atoms with Gasteiger partial charge in [-0.25, -0.2) is 4.79 Å². The van der Waals surface area contributed by atoms with Gasteiger partial charge >= 0.3 is 6.09 Å². The van der Waals surface area contributed by atoms with Crippen LogP contribution in [-0.2, 0) is 14.9 Å². The number of carbonyl (C=O) groups excluding carboxylic acids is 2. The van der Waals surface area contributed by atoms with E-state index in [1.165, 1.54) is 5.57 Å². The van der Waals surface area contributed by atoms with E-state index >= 15 is 0 Å². The van der Waals surface area contributed by atoms with Gasteiger partial charge < -0.3 is 4.74 Å². The van der Waals surface area contributed by atoms with Gasteiger partial charge in [-0.15, -0.1) is 0 Å².